The molecule has 2 amide bonds. The number of nitrogens with one attached hydrogen (secondary N) is 3. The summed E-state index contributed by atoms with van der Waals surface area (Å²) in [4.78, 5) is 37.6. The Labute approximate surface area is 251 Å². The van der Waals surface area contributed by atoms with Crippen LogP contribution in [0.3, 0.4) is 0 Å². The SMILES string of the molecule is CCn1ccc(C[C@H](NC(=O)/C=C/c2cc(C)ccc2-n2cnnn2)c2cc(-c3ccc(NC(=O)OC)cc3)c(=O)[nH]n2)n1. The molecule has 0 bridgehead atoms. The Morgan fingerprint density at radius 1 is 1.11 bits per heavy atom. The largest absolute Gasteiger partial charge is 0.453 e. The van der Waals surface area contributed by atoms with Gasteiger partial charge in [-0.1, -0.05) is 23.8 Å². The highest BCUT2D eigenvalue weighted by Gasteiger charge is 2.20. The number of tetrazole rings is 1. The lowest BCUT2D eigenvalue weighted by Gasteiger charge is -2.17. The quantitative estimate of drug-likeness (QED) is 0.205. The zero-order valence-electron chi connectivity index (χ0n) is 24.3. The summed E-state index contributed by atoms with van der Waals surface area (Å²) < 4.78 is 7.94. The third kappa shape index (κ3) is 7.10. The van der Waals surface area contributed by atoms with E-state index in [-0.39, 0.29) is 5.91 Å². The first-order valence-electron chi connectivity index (χ1n) is 13.7. The molecule has 14 heteroatoms. The van der Waals surface area contributed by atoms with Crippen LogP contribution in [-0.4, -0.2) is 59.3 Å². The minimum Gasteiger partial charge on any atom is -0.453 e. The minimum absolute atomic E-state index is 0.327. The number of amides is 2. The van der Waals surface area contributed by atoms with Gasteiger partial charge in [0.15, 0.2) is 0 Å². The van der Waals surface area contributed by atoms with E-state index in [1.54, 1.807) is 41.1 Å². The van der Waals surface area contributed by atoms with Crippen LogP contribution in [0.4, 0.5) is 10.5 Å². The fraction of sp³-hybridized carbons (Fsp3) is 0.200. The van der Waals surface area contributed by atoms with Crippen LogP contribution >= 0.6 is 0 Å². The predicted molar refractivity (Wildman–Crippen MR) is 162 cm³/mol. The van der Waals surface area contributed by atoms with Crippen molar-refractivity contribution in [3.63, 3.8) is 0 Å². The Bertz CT molecular complexity index is 1840. The topological polar surface area (TPSA) is 175 Å². The summed E-state index contributed by atoms with van der Waals surface area (Å²) in [5.41, 5.74) is 4.70. The number of aryl methyl sites for hydroxylation is 2. The monoisotopic (exact) mass is 594 g/mol. The van der Waals surface area contributed by atoms with Gasteiger partial charge in [-0.15, -0.1) is 5.10 Å². The number of anilines is 1. The van der Waals surface area contributed by atoms with E-state index in [0.717, 1.165) is 16.8 Å². The lowest BCUT2D eigenvalue weighted by Crippen LogP contribution is -2.30. The van der Waals surface area contributed by atoms with Crippen molar-refractivity contribution in [1.82, 2.24) is 45.5 Å². The molecule has 0 saturated heterocycles. The van der Waals surface area contributed by atoms with Crippen LogP contribution in [0.1, 0.15) is 35.5 Å². The number of H-pyrrole nitrogens is 1. The number of carbonyl (C=O) groups is 2. The summed E-state index contributed by atoms with van der Waals surface area (Å²) in [5.74, 6) is -0.373. The predicted octanol–water partition coefficient (Wildman–Crippen LogP) is 3.23. The van der Waals surface area contributed by atoms with E-state index in [0.29, 0.717) is 41.2 Å². The first kappa shape index (κ1) is 29.6. The molecule has 0 fully saturated rings. The zero-order valence-corrected chi connectivity index (χ0v) is 24.3. The van der Waals surface area contributed by atoms with Gasteiger partial charge in [-0.25, -0.2) is 9.89 Å². The third-order valence-corrected chi connectivity index (χ3v) is 6.75. The molecule has 5 rings (SSSR count). The molecule has 5 aromatic rings. The van der Waals surface area contributed by atoms with Crippen LogP contribution in [0.5, 0.6) is 0 Å². The van der Waals surface area contributed by atoms with Crippen LogP contribution in [0, 0.1) is 6.92 Å². The van der Waals surface area contributed by atoms with Crippen molar-refractivity contribution < 1.29 is 14.3 Å². The van der Waals surface area contributed by atoms with E-state index < -0.39 is 17.7 Å². The summed E-state index contributed by atoms with van der Waals surface area (Å²) in [6.45, 7) is 4.63. The molecule has 3 N–H and O–H groups in total. The van der Waals surface area contributed by atoms with E-state index in [2.05, 4.69) is 46.2 Å². The number of carbonyl (C=O) groups excluding carboxylic acids is 2. The highest BCUT2D eigenvalue weighted by atomic mass is 16.5. The molecule has 3 aromatic heterocycles. The van der Waals surface area contributed by atoms with Gasteiger partial charge in [-0.05, 0) is 72.3 Å². The van der Waals surface area contributed by atoms with Crippen molar-refractivity contribution in [1.29, 1.82) is 0 Å². The number of nitrogens with zero attached hydrogens (tertiary/aromatic N) is 7. The van der Waals surface area contributed by atoms with Crippen LogP contribution in [0.15, 0.2) is 78.0 Å². The van der Waals surface area contributed by atoms with Gasteiger partial charge in [0.05, 0.1) is 35.8 Å². The molecule has 0 aliphatic heterocycles. The van der Waals surface area contributed by atoms with Gasteiger partial charge in [0.1, 0.15) is 6.33 Å². The van der Waals surface area contributed by atoms with Gasteiger partial charge in [0.25, 0.3) is 5.56 Å². The van der Waals surface area contributed by atoms with Crippen molar-refractivity contribution >= 4 is 23.8 Å². The molecular weight excluding hydrogens is 564 g/mol. The zero-order chi connectivity index (χ0) is 31.1. The summed E-state index contributed by atoms with van der Waals surface area (Å²) in [6.07, 6.45) is 6.19. The van der Waals surface area contributed by atoms with E-state index in [4.69, 9.17) is 0 Å². The van der Waals surface area contributed by atoms with Crippen molar-refractivity contribution in [2.75, 3.05) is 12.4 Å². The summed E-state index contributed by atoms with van der Waals surface area (Å²) in [7, 11) is 1.27. The Hall–Kier alpha value is -5.92. The normalized spacial score (nSPS) is 11.8. The average Bonchev–Trinajstić information content (AvgIpc) is 3.73. The second-order valence-electron chi connectivity index (χ2n) is 9.81. The fourth-order valence-electron chi connectivity index (χ4n) is 4.52. The number of benzene rings is 2. The molecule has 0 aliphatic rings. The van der Waals surface area contributed by atoms with Gasteiger partial charge in [-0.3, -0.25) is 19.6 Å². The van der Waals surface area contributed by atoms with E-state index >= 15 is 0 Å². The number of aromatic amines is 1. The third-order valence-electron chi connectivity index (χ3n) is 6.75. The summed E-state index contributed by atoms with van der Waals surface area (Å²) in [5, 5.41) is 28.3. The molecular formula is C30H30N10O4. The molecule has 14 nitrogen and oxygen atoms in total. The second kappa shape index (κ2) is 13.4. The van der Waals surface area contributed by atoms with Crippen LogP contribution in [0.25, 0.3) is 22.9 Å². The first-order chi connectivity index (χ1) is 21.3. The maximum absolute atomic E-state index is 13.3. The molecule has 0 aliphatic carbocycles. The lowest BCUT2D eigenvalue weighted by molar-refractivity contribution is -0.117. The Morgan fingerprint density at radius 3 is 2.64 bits per heavy atom. The summed E-state index contributed by atoms with van der Waals surface area (Å²) in [6, 6.07) is 15.3. The number of ether oxygens (including phenoxy) is 1. The van der Waals surface area contributed by atoms with Crippen LogP contribution in [-0.2, 0) is 22.5 Å². The summed E-state index contributed by atoms with van der Waals surface area (Å²) >= 11 is 0. The van der Waals surface area contributed by atoms with Crippen molar-refractivity contribution in [2.24, 2.45) is 0 Å². The molecule has 0 radical (unpaired) electrons. The number of hydrogen-bond acceptors (Lipinski definition) is 9. The van der Waals surface area contributed by atoms with E-state index in [9.17, 15) is 14.4 Å². The highest BCUT2D eigenvalue weighted by Crippen LogP contribution is 2.23. The highest BCUT2D eigenvalue weighted by molar-refractivity contribution is 5.92. The van der Waals surface area contributed by atoms with Gasteiger partial charge in [0, 0.05) is 36.5 Å². The lowest BCUT2D eigenvalue weighted by atomic mass is 10.0. The van der Waals surface area contributed by atoms with Gasteiger partial charge in [0.2, 0.25) is 5.91 Å². The van der Waals surface area contributed by atoms with E-state index in [1.807, 2.05) is 44.3 Å². The Kier molecular flexibility index (Phi) is 8.99. The minimum atomic E-state index is -0.625. The molecule has 44 heavy (non-hydrogen) atoms. The second-order valence-corrected chi connectivity index (χ2v) is 9.81. The number of methoxy groups -OCH3 is 1. The molecule has 1 atom stereocenters. The number of hydrogen-bond donors (Lipinski definition) is 3. The van der Waals surface area contributed by atoms with Crippen molar-refractivity contribution in [3.05, 3.63) is 106 Å². The molecule has 224 valence electrons. The van der Waals surface area contributed by atoms with Crippen LogP contribution < -0.4 is 16.2 Å². The Balaban J connectivity index is 1.43. The molecule has 0 unspecified atom stereocenters. The number of aromatic nitrogens is 8. The smallest absolute Gasteiger partial charge is 0.411 e. The van der Waals surface area contributed by atoms with Crippen molar-refractivity contribution in [3.8, 4) is 16.8 Å². The average molecular weight is 595 g/mol. The van der Waals surface area contributed by atoms with Crippen LogP contribution in [0.2, 0.25) is 0 Å². The maximum Gasteiger partial charge on any atom is 0.411 e. The maximum atomic E-state index is 13.3. The standard InChI is InChI=1S/C30H30N10O4/c1-4-39-14-13-23(36-39)16-25(33-28(41)12-8-21-15-19(2)5-11-27(21)40-18-31-37-38-40)26-17-24(29(42)35-34-26)20-6-9-22(10-7-20)32-30(43)44-3/h5-15,17-18,25H,4,16H2,1-3H3,(H,32,43)(H,33,41)(H,35,42)/b12-8+/t25-/m0/s1. The van der Waals surface area contributed by atoms with Gasteiger partial charge in [-0.2, -0.15) is 14.9 Å². The number of rotatable bonds is 10. The molecule has 3 heterocycles. The van der Waals surface area contributed by atoms with Gasteiger partial charge < -0.3 is 10.1 Å². The molecule has 0 spiro atoms. The van der Waals surface area contributed by atoms with E-state index in [1.165, 1.54) is 24.2 Å². The fourth-order valence-corrected chi connectivity index (χ4v) is 4.52. The molecule has 0 saturated carbocycles. The van der Waals surface area contributed by atoms with Crippen molar-refractivity contribution in [2.45, 2.75) is 32.9 Å². The first-order valence-corrected chi connectivity index (χ1v) is 13.7. The van der Waals surface area contributed by atoms with Gasteiger partial charge >= 0.3 is 6.09 Å². The molecule has 2 aromatic carbocycles. The Morgan fingerprint density at radius 2 is 1.93 bits per heavy atom.